The number of hydrogen-bond acceptors (Lipinski definition) is 2. The van der Waals surface area contributed by atoms with Crippen LogP contribution in [0.3, 0.4) is 0 Å². The summed E-state index contributed by atoms with van der Waals surface area (Å²) in [7, 11) is 0. The van der Waals surface area contributed by atoms with Crippen LogP contribution in [0.15, 0.2) is 12.1 Å². The molecular weight excluding hydrogens is 228 g/mol. The summed E-state index contributed by atoms with van der Waals surface area (Å²) in [6, 6.07) is 1.58. The maximum atomic E-state index is 13.3. The van der Waals surface area contributed by atoms with Gasteiger partial charge < -0.3 is 4.74 Å². The van der Waals surface area contributed by atoms with Crippen molar-refractivity contribution in [2.24, 2.45) is 0 Å². The zero-order valence-electron chi connectivity index (χ0n) is 7.90. The van der Waals surface area contributed by atoms with Crippen LogP contribution in [0.4, 0.5) is 17.6 Å². The van der Waals surface area contributed by atoms with Gasteiger partial charge in [0, 0.05) is 18.1 Å². The Morgan fingerprint density at radius 2 is 1.88 bits per heavy atom. The molecule has 1 aliphatic rings. The molecule has 0 amide bonds. The highest BCUT2D eigenvalue weighted by atomic mass is 19.4. The summed E-state index contributed by atoms with van der Waals surface area (Å²) in [5.41, 5.74) is 0.152. The van der Waals surface area contributed by atoms with E-state index in [1.54, 1.807) is 0 Å². The van der Waals surface area contributed by atoms with Gasteiger partial charge in [-0.05, 0) is 18.1 Å². The molecule has 0 saturated heterocycles. The van der Waals surface area contributed by atoms with Crippen LogP contribution < -0.4 is 4.74 Å². The third-order valence-corrected chi connectivity index (χ3v) is 2.31. The Morgan fingerprint density at radius 1 is 1.19 bits per heavy atom. The fourth-order valence-corrected chi connectivity index (χ4v) is 1.68. The van der Waals surface area contributed by atoms with E-state index < -0.39 is 17.9 Å². The van der Waals surface area contributed by atoms with Crippen LogP contribution >= 0.6 is 0 Å². The Balaban J connectivity index is 2.40. The molecule has 0 atom stereocenters. The maximum Gasteiger partial charge on any atom is 0.573 e. The van der Waals surface area contributed by atoms with Gasteiger partial charge in [0.05, 0.1) is 0 Å². The molecule has 0 N–H and O–H groups in total. The topological polar surface area (TPSA) is 26.3 Å². The first-order valence-electron chi connectivity index (χ1n) is 4.48. The van der Waals surface area contributed by atoms with E-state index in [1.807, 2.05) is 0 Å². The van der Waals surface area contributed by atoms with E-state index in [0.29, 0.717) is 6.07 Å². The Kier molecular flexibility index (Phi) is 2.36. The third kappa shape index (κ3) is 2.00. The molecular formula is C10H6F4O2. The van der Waals surface area contributed by atoms with Crippen LogP contribution in [0.1, 0.15) is 22.3 Å². The highest BCUT2D eigenvalue weighted by Crippen LogP contribution is 2.31. The second-order valence-electron chi connectivity index (χ2n) is 3.40. The number of ketones is 1. The fraction of sp³-hybridized carbons (Fsp3) is 0.300. The summed E-state index contributed by atoms with van der Waals surface area (Å²) < 4.78 is 52.5. The van der Waals surface area contributed by atoms with Crippen LogP contribution in [-0.4, -0.2) is 12.1 Å². The van der Waals surface area contributed by atoms with Crippen LogP contribution in [0.2, 0.25) is 0 Å². The van der Waals surface area contributed by atoms with Gasteiger partial charge in [-0.3, -0.25) is 4.79 Å². The number of carbonyl (C=O) groups is 1. The second kappa shape index (κ2) is 3.47. The van der Waals surface area contributed by atoms with E-state index in [2.05, 4.69) is 4.74 Å². The molecule has 0 spiro atoms. The average molecular weight is 234 g/mol. The standard InChI is InChI=1S/C10H6F4O2/c11-8-4-5(16-10(12,13)14)3-7-6(8)1-2-9(7)15/h3-4H,1-2H2. The number of benzene rings is 1. The van der Waals surface area contributed by atoms with Crippen molar-refractivity contribution in [2.45, 2.75) is 19.2 Å². The lowest BCUT2D eigenvalue weighted by molar-refractivity contribution is -0.274. The molecule has 16 heavy (non-hydrogen) atoms. The first-order valence-corrected chi connectivity index (χ1v) is 4.48. The highest BCUT2D eigenvalue weighted by Gasteiger charge is 2.33. The zero-order valence-corrected chi connectivity index (χ0v) is 7.90. The smallest absolute Gasteiger partial charge is 0.406 e. The number of alkyl halides is 3. The predicted molar refractivity (Wildman–Crippen MR) is 45.7 cm³/mol. The van der Waals surface area contributed by atoms with Crippen molar-refractivity contribution >= 4 is 5.78 Å². The van der Waals surface area contributed by atoms with Crippen molar-refractivity contribution in [3.05, 3.63) is 29.1 Å². The summed E-state index contributed by atoms with van der Waals surface area (Å²) in [6.45, 7) is 0. The van der Waals surface area contributed by atoms with Gasteiger partial charge >= 0.3 is 6.36 Å². The number of Topliss-reactive ketones (excluding diaryl/α,β-unsaturated/α-hetero) is 1. The lowest BCUT2D eigenvalue weighted by Gasteiger charge is -2.10. The van der Waals surface area contributed by atoms with Crippen LogP contribution in [0.25, 0.3) is 0 Å². The molecule has 1 aliphatic carbocycles. The Morgan fingerprint density at radius 3 is 2.50 bits per heavy atom. The molecule has 1 aromatic carbocycles. The molecule has 86 valence electrons. The summed E-state index contributed by atoms with van der Waals surface area (Å²) in [6.07, 6.45) is -4.53. The monoisotopic (exact) mass is 234 g/mol. The van der Waals surface area contributed by atoms with Gasteiger partial charge in [0.2, 0.25) is 0 Å². The molecule has 0 fully saturated rings. The van der Waals surface area contributed by atoms with Crippen LogP contribution in [-0.2, 0) is 6.42 Å². The largest absolute Gasteiger partial charge is 0.573 e. The number of carbonyl (C=O) groups excluding carboxylic acids is 1. The number of rotatable bonds is 1. The van der Waals surface area contributed by atoms with Gasteiger partial charge in [-0.2, -0.15) is 0 Å². The average Bonchev–Trinajstić information content (AvgIpc) is 2.45. The molecule has 0 aromatic heterocycles. The van der Waals surface area contributed by atoms with E-state index in [4.69, 9.17) is 0 Å². The van der Waals surface area contributed by atoms with E-state index in [9.17, 15) is 22.4 Å². The normalized spacial score (nSPS) is 15.1. The van der Waals surface area contributed by atoms with Gasteiger partial charge in [-0.1, -0.05) is 0 Å². The number of halogens is 4. The minimum Gasteiger partial charge on any atom is -0.406 e. The molecule has 6 heteroatoms. The predicted octanol–water partition coefficient (Wildman–Crippen LogP) is 2.85. The Bertz CT molecular complexity index is 451. The van der Waals surface area contributed by atoms with Gasteiger partial charge in [-0.15, -0.1) is 13.2 Å². The SMILES string of the molecule is O=C1CCc2c(F)cc(OC(F)(F)F)cc21. The maximum absolute atomic E-state index is 13.3. The van der Waals surface area contributed by atoms with E-state index in [0.717, 1.165) is 6.07 Å². The summed E-state index contributed by atoms with van der Waals surface area (Å²) in [5.74, 6) is -1.89. The minimum absolute atomic E-state index is 0.0146. The molecule has 0 unspecified atom stereocenters. The summed E-state index contributed by atoms with van der Waals surface area (Å²) in [4.78, 5) is 11.2. The fourth-order valence-electron chi connectivity index (χ4n) is 1.68. The minimum atomic E-state index is -4.89. The molecule has 2 rings (SSSR count). The van der Waals surface area contributed by atoms with Crippen molar-refractivity contribution in [1.82, 2.24) is 0 Å². The lowest BCUT2D eigenvalue weighted by atomic mass is 10.1. The molecule has 0 saturated carbocycles. The number of ether oxygens (including phenoxy) is 1. The van der Waals surface area contributed by atoms with Gasteiger partial charge in [0.1, 0.15) is 11.6 Å². The van der Waals surface area contributed by atoms with Crippen molar-refractivity contribution in [1.29, 1.82) is 0 Å². The van der Waals surface area contributed by atoms with Gasteiger partial charge in [0.25, 0.3) is 0 Å². The molecule has 1 aromatic rings. The van der Waals surface area contributed by atoms with Crippen molar-refractivity contribution in [2.75, 3.05) is 0 Å². The first kappa shape index (κ1) is 10.9. The lowest BCUT2D eigenvalue weighted by Crippen LogP contribution is -2.17. The third-order valence-electron chi connectivity index (χ3n) is 2.31. The van der Waals surface area contributed by atoms with E-state index in [-0.39, 0.29) is 29.8 Å². The quantitative estimate of drug-likeness (QED) is 0.698. The van der Waals surface area contributed by atoms with E-state index in [1.165, 1.54) is 0 Å². The van der Waals surface area contributed by atoms with Crippen molar-refractivity contribution in [3.63, 3.8) is 0 Å². The summed E-state index contributed by atoms with van der Waals surface area (Å²) in [5, 5.41) is 0. The molecule has 0 aliphatic heterocycles. The highest BCUT2D eigenvalue weighted by molar-refractivity contribution is 6.00. The van der Waals surface area contributed by atoms with Crippen molar-refractivity contribution in [3.8, 4) is 5.75 Å². The first-order chi connectivity index (χ1) is 7.37. The van der Waals surface area contributed by atoms with Gasteiger partial charge in [0.15, 0.2) is 5.78 Å². The number of hydrogen-bond donors (Lipinski definition) is 0. The Hall–Kier alpha value is -1.59. The van der Waals surface area contributed by atoms with Crippen LogP contribution in [0.5, 0.6) is 5.75 Å². The molecule has 0 radical (unpaired) electrons. The molecule has 0 heterocycles. The number of fused-ring (bicyclic) bond motifs is 1. The zero-order chi connectivity index (χ0) is 11.9. The molecule has 0 bridgehead atoms. The van der Waals surface area contributed by atoms with E-state index >= 15 is 0 Å². The Labute approximate surface area is 87.8 Å². The van der Waals surface area contributed by atoms with Crippen LogP contribution in [0, 0.1) is 5.82 Å². The van der Waals surface area contributed by atoms with Gasteiger partial charge in [-0.25, -0.2) is 4.39 Å². The van der Waals surface area contributed by atoms with Crippen molar-refractivity contribution < 1.29 is 27.1 Å². The summed E-state index contributed by atoms with van der Waals surface area (Å²) >= 11 is 0. The second-order valence-corrected chi connectivity index (χ2v) is 3.40. The molecule has 2 nitrogen and oxygen atoms in total.